The van der Waals surface area contributed by atoms with Gasteiger partial charge in [-0.3, -0.25) is 4.72 Å². The first-order chi connectivity index (χ1) is 10.1. The van der Waals surface area contributed by atoms with Crippen LogP contribution in [0.3, 0.4) is 0 Å². The summed E-state index contributed by atoms with van der Waals surface area (Å²) in [6.07, 6.45) is 0. The molecule has 2 rings (SSSR count). The van der Waals surface area contributed by atoms with Crippen molar-refractivity contribution in [3.63, 3.8) is 0 Å². The first-order valence-corrected chi connectivity index (χ1v) is 8.72. The topological polar surface area (TPSA) is 66.4 Å². The maximum absolute atomic E-state index is 12.4. The Morgan fingerprint density at radius 2 is 1.41 bits per heavy atom. The average Bonchev–Trinajstić information content (AvgIpc) is 2.48. The van der Waals surface area contributed by atoms with Crippen LogP contribution in [0.1, 0.15) is 11.1 Å². The average molecular weight is 381 g/mol. The number of aromatic hydroxyl groups is 1. The Hall–Kier alpha value is -1.14. The van der Waals surface area contributed by atoms with Crippen LogP contribution in [0.15, 0.2) is 29.2 Å². The zero-order chi connectivity index (χ0) is 16.7. The van der Waals surface area contributed by atoms with E-state index in [0.29, 0.717) is 16.1 Å². The van der Waals surface area contributed by atoms with Crippen LogP contribution in [0, 0.1) is 13.8 Å². The third-order valence-corrected chi connectivity index (χ3v) is 5.73. The first kappa shape index (κ1) is 17.2. The van der Waals surface area contributed by atoms with Gasteiger partial charge in [-0.15, -0.1) is 0 Å². The van der Waals surface area contributed by atoms with Crippen LogP contribution in [-0.2, 0) is 10.0 Å². The molecule has 0 fully saturated rings. The molecule has 0 aliphatic heterocycles. The minimum absolute atomic E-state index is 0.00408. The van der Waals surface area contributed by atoms with Gasteiger partial charge in [0.1, 0.15) is 0 Å². The van der Waals surface area contributed by atoms with Gasteiger partial charge < -0.3 is 5.11 Å². The number of hydrogen-bond acceptors (Lipinski definition) is 3. The summed E-state index contributed by atoms with van der Waals surface area (Å²) in [7, 11) is -3.83. The lowest BCUT2D eigenvalue weighted by Gasteiger charge is -2.17. The molecule has 0 saturated heterocycles. The molecule has 2 aromatic carbocycles. The zero-order valence-corrected chi connectivity index (χ0v) is 14.7. The van der Waals surface area contributed by atoms with Gasteiger partial charge in [-0.25, -0.2) is 8.42 Å². The first-order valence-electron chi connectivity index (χ1n) is 6.10. The van der Waals surface area contributed by atoms with Gasteiger partial charge in [0, 0.05) is 5.02 Å². The Labute approximate surface area is 143 Å². The lowest BCUT2D eigenvalue weighted by Crippen LogP contribution is -2.15. The lowest BCUT2D eigenvalue weighted by atomic mass is 10.1. The van der Waals surface area contributed by atoms with E-state index in [1.807, 2.05) is 0 Å². The molecule has 0 saturated carbocycles. The van der Waals surface area contributed by atoms with E-state index in [1.165, 1.54) is 24.3 Å². The molecule has 2 aromatic rings. The molecule has 2 N–H and O–H groups in total. The van der Waals surface area contributed by atoms with E-state index in [0.717, 1.165) is 0 Å². The molecule has 0 atom stereocenters. The fourth-order valence-corrected chi connectivity index (χ4v) is 3.65. The summed E-state index contributed by atoms with van der Waals surface area (Å²) in [5, 5.41) is 10.2. The van der Waals surface area contributed by atoms with Crippen molar-refractivity contribution in [3.05, 3.63) is 50.5 Å². The highest BCUT2D eigenvalue weighted by Crippen LogP contribution is 2.42. The third-order valence-electron chi connectivity index (χ3n) is 3.18. The van der Waals surface area contributed by atoms with E-state index in [2.05, 4.69) is 4.72 Å². The zero-order valence-electron chi connectivity index (χ0n) is 11.6. The maximum Gasteiger partial charge on any atom is 0.261 e. The number of benzene rings is 2. The Balaban J connectivity index is 2.53. The second kappa shape index (κ2) is 6.16. The highest BCUT2D eigenvalue weighted by Gasteiger charge is 2.22. The van der Waals surface area contributed by atoms with E-state index in [-0.39, 0.29) is 26.4 Å². The number of rotatable bonds is 3. The van der Waals surface area contributed by atoms with E-state index in [1.54, 1.807) is 13.8 Å². The molecular weight excluding hydrogens is 369 g/mol. The maximum atomic E-state index is 12.4. The van der Waals surface area contributed by atoms with Crippen LogP contribution < -0.4 is 4.72 Å². The van der Waals surface area contributed by atoms with Crippen molar-refractivity contribution in [1.82, 2.24) is 0 Å². The van der Waals surface area contributed by atoms with Crippen molar-refractivity contribution >= 4 is 50.5 Å². The van der Waals surface area contributed by atoms with Crippen molar-refractivity contribution in [3.8, 4) is 5.75 Å². The van der Waals surface area contributed by atoms with Crippen molar-refractivity contribution < 1.29 is 13.5 Å². The molecule has 22 heavy (non-hydrogen) atoms. The van der Waals surface area contributed by atoms with E-state index < -0.39 is 10.0 Å². The Kier molecular flexibility index (Phi) is 4.82. The molecule has 0 unspecified atom stereocenters. The summed E-state index contributed by atoms with van der Waals surface area (Å²) < 4.78 is 27.3. The van der Waals surface area contributed by atoms with Gasteiger partial charge in [-0.1, -0.05) is 34.8 Å². The number of hydrogen-bond donors (Lipinski definition) is 2. The van der Waals surface area contributed by atoms with Crippen molar-refractivity contribution in [2.75, 3.05) is 4.72 Å². The van der Waals surface area contributed by atoms with Gasteiger partial charge in [0.05, 0.1) is 20.6 Å². The fraction of sp³-hybridized carbons (Fsp3) is 0.143. The fourth-order valence-electron chi connectivity index (χ4n) is 1.91. The van der Waals surface area contributed by atoms with Crippen LogP contribution in [0.4, 0.5) is 5.69 Å². The second-order valence-electron chi connectivity index (χ2n) is 4.66. The minimum Gasteiger partial charge on any atom is -0.505 e. The van der Waals surface area contributed by atoms with Gasteiger partial charge in [0.15, 0.2) is 5.75 Å². The summed E-state index contributed by atoms with van der Waals surface area (Å²) in [4.78, 5) is 0.0519. The molecule has 0 aliphatic carbocycles. The van der Waals surface area contributed by atoms with Crippen LogP contribution in [0.5, 0.6) is 5.75 Å². The quantitative estimate of drug-likeness (QED) is 0.754. The number of nitrogens with one attached hydrogen (secondary N) is 1. The van der Waals surface area contributed by atoms with E-state index in [4.69, 9.17) is 34.8 Å². The molecule has 8 heteroatoms. The highest BCUT2D eigenvalue weighted by molar-refractivity contribution is 7.92. The van der Waals surface area contributed by atoms with Gasteiger partial charge >= 0.3 is 0 Å². The van der Waals surface area contributed by atoms with Crippen LogP contribution >= 0.6 is 34.8 Å². The smallest absolute Gasteiger partial charge is 0.261 e. The lowest BCUT2D eigenvalue weighted by molar-refractivity contribution is 0.475. The van der Waals surface area contributed by atoms with Gasteiger partial charge in [0.25, 0.3) is 10.0 Å². The summed E-state index contributed by atoms with van der Waals surface area (Å²) in [6.45, 7) is 3.18. The van der Waals surface area contributed by atoms with Crippen molar-refractivity contribution in [2.45, 2.75) is 18.7 Å². The molecule has 0 bridgehead atoms. The monoisotopic (exact) mass is 379 g/mol. The third kappa shape index (κ3) is 3.13. The molecule has 0 amide bonds. The van der Waals surface area contributed by atoms with Gasteiger partial charge in [-0.2, -0.15) is 0 Å². The van der Waals surface area contributed by atoms with E-state index >= 15 is 0 Å². The molecule has 0 aromatic heterocycles. The number of halogens is 3. The Bertz CT molecular complexity index is 804. The summed E-state index contributed by atoms with van der Waals surface area (Å²) in [5.41, 5.74) is 1.01. The highest BCUT2D eigenvalue weighted by atomic mass is 35.5. The second-order valence-corrected chi connectivity index (χ2v) is 7.54. The Morgan fingerprint density at radius 1 is 0.955 bits per heavy atom. The normalized spacial score (nSPS) is 11.5. The van der Waals surface area contributed by atoms with Crippen LogP contribution in [0.2, 0.25) is 15.1 Å². The minimum atomic E-state index is -3.83. The van der Waals surface area contributed by atoms with Crippen molar-refractivity contribution in [2.24, 2.45) is 0 Å². The Morgan fingerprint density at radius 3 is 1.86 bits per heavy atom. The van der Waals surface area contributed by atoms with Gasteiger partial charge in [0.2, 0.25) is 0 Å². The largest absolute Gasteiger partial charge is 0.505 e. The van der Waals surface area contributed by atoms with E-state index in [9.17, 15) is 13.5 Å². The number of phenols is 1. The number of anilines is 1. The number of sulfonamides is 1. The molecule has 4 nitrogen and oxygen atoms in total. The molecule has 118 valence electrons. The van der Waals surface area contributed by atoms with Crippen molar-refractivity contribution in [1.29, 1.82) is 0 Å². The molecular formula is C14H12Cl3NO3S. The van der Waals surface area contributed by atoms with Crippen LogP contribution in [-0.4, -0.2) is 13.5 Å². The molecule has 0 radical (unpaired) electrons. The summed E-state index contributed by atoms with van der Waals surface area (Å²) in [5.74, 6) is -0.271. The predicted octanol–water partition coefficient (Wildman–Crippen LogP) is 4.77. The molecule has 0 heterocycles. The number of phenolic OH excluding ortho intramolecular Hbond substituents is 1. The van der Waals surface area contributed by atoms with Gasteiger partial charge in [-0.05, 0) is 49.2 Å². The van der Waals surface area contributed by atoms with Crippen LogP contribution in [0.25, 0.3) is 0 Å². The summed E-state index contributed by atoms with van der Waals surface area (Å²) in [6, 6.07) is 5.73. The molecule has 0 spiro atoms. The molecule has 0 aliphatic rings. The standard InChI is InChI=1S/C14H12Cl3NO3S/c1-7-11(16)14(19)12(17)8(2)13(7)18-22(20,21)10-5-3-9(15)4-6-10/h3-6,18-19H,1-2H3. The summed E-state index contributed by atoms with van der Waals surface area (Å²) >= 11 is 17.7. The predicted molar refractivity (Wildman–Crippen MR) is 89.9 cm³/mol. The SMILES string of the molecule is Cc1c(Cl)c(O)c(Cl)c(C)c1NS(=O)(=O)c1ccc(Cl)cc1.